The van der Waals surface area contributed by atoms with Gasteiger partial charge in [-0.05, 0) is 67.3 Å². The summed E-state index contributed by atoms with van der Waals surface area (Å²) in [7, 11) is 0. The van der Waals surface area contributed by atoms with Crippen molar-refractivity contribution in [2.45, 2.75) is 33.0 Å². The molecule has 0 heterocycles. The molecule has 0 spiro atoms. The fourth-order valence-corrected chi connectivity index (χ4v) is 3.03. The lowest BCUT2D eigenvalue weighted by atomic mass is 9.99. The lowest BCUT2D eigenvalue weighted by Crippen LogP contribution is -2.21. The van der Waals surface area contributed by atoms with E-state index in [0.29, 0.717) is 17.4 Å². The number of Topliss-reactive ketones (excluding diaryl/α,β-unsaturated/α-hetero) is 1. The summed E-state index contributed by atoms with van der Waals surface area (Å²) in [4.78, 5) is 46.0. The van der Waals surface area contributed by atoms with Crippen molar-refractivity contribution in [2.75, 3.05) is 0 Å². The van der Waals surface area contributed by atoms with Crippen molar-refractivity contribution < 1.29 is 28.7 Å². The molecule has 0 saturated heterocycles. The number of esters is 2. The lowest BCUT2D eigenvalue weighted by Gasteiger charge is -2.10. The Kier molecular flexibility index (Phi) is 7.51. The first-order chi connectivity index (χ1) is 15.8. The fraction of sp³-hybridized carbons (Fsp3) is 0.185. The Morgan fingerprint density at radius 1 is 0.636 bits per heavy atom. The predicted octanol–water partition coefficient (Wildman–Crippen LogP) is 4.90. The van der Waals surface area contributed by atoms with Crippen LogP contribution in [0.3, 0.4) is 0 Å². The van der Waals surface area contributed by atoms with Gasteiger partial charge in [-0.1, -0.05) is 48.5 Å². The number of benzene rings is 3. The van der Waals surface area contributed by atoms with Crippen LogP contribution in [-0.4, -0.2) is 36.2 Å². The Balaban J connectivity index is 1.69. The Morgan fingerprint density at radius 2 is 0.970 bits per heavy atom. The molecule has 168 valence electrons. The first-order valence-electron chi connectivity index (χ1n) is 10.5. The Labute approximate surface area is 192 Å². The van der Waals surface area contributed by atoms with Crippen LogP contribution in [-0.2, 0) is 19.1 Å². The second kappa shape index (κ2) is 10.5. The molecule has 0 aliphatic heterocycles. The molecule has 0 aliphatic rings. The van der Waals surface area contributed by atoms with E-state index in [1.165, 1.54) is 13.8 Å². The van der Waals surface area contributed by atoms with Crippen LogP contribution in [0.25, 0.3) is 22.3 Å². The summed E-state index contributed by atoms with van der Waals surface area (Å²) in [5.41, 5.74) is 4.56. The SMILES string of the molecule is CC(=O)C(C)OC(=O)c1ccc(-c2ccc(-c3ccc(C(=O)OC(C)C=O)cc3)cc2)cc1. The summed E-state index contributed by atoms with van der Waals surface area (Å²) < 4.78 is 10.1. The van der Waals surface area contributed by atoms with Gasteiger partial charge >= 0.3 is 11.9 Å². The van der Waals surface area contributed by atoms with E-state index in [-0.39, 0.29) is 5.78 Å². The highest BCUT2D eigenvalue weighted by atomic mass is 16.5. The zero-order valence-corrected chi connectivity index (χ0v) is 18.6. The van der Waals surface area contributed by atoms with Crippen molar-refractivity contribution in [3.8, 4) is 22.3 Å². The standard InChI is InChI=1S/C27H24O6/c1-17(16-28)32-26(30)24-12-8-22(9-13-24)20-4-6-21(7-5-20)23-10-14-25(15-11-23)27(31)33-19(3)18(2)29/h4-17,19H,1-3H3. The third-order valence-corrected chi connectivity index (χ3v) is 5.13. The molecule has 0 fully saturated rings. The van der Waals surface area contributed by atoms with E-state index in [2.05, 4.69) is 0 Å². The van der Waals surface area contributed by atoms with Gasteiger partial charge in [0.25, 0.3) is 0 Å². The van der Waals surface area contributed by atoms with Gasteiger partial charge in [0.05, 0.1) is 11.1 Å². The van der Waals surface area contributed by atoms with Crippen LogP contribution < -0.4 is 0 Å². The van der Waals surface area contributed by atoms with Crippen LogP contribution in [0.2, 0.25) is 0 Å². The zero-order chi connectivity index (χ0) is 24.0. The highest BCUT2D eigenvalue weighted by molar-refractivity contribution is 5.93. The van der Waals surface area contributed by atoms with Gasteiger partial charge in [-0.3, -0.25) is 9.59 Å². The molecule has 0 saturated carbocycles. The van der Waals surface area contributed by atoms with E-state index in [1.807, 2.05) is 48.5 Å². The van der Waals surface area contributed by atoms with Crippen molar-refractivity contribution in [1.29, 1.82) is 0 Å². The molecule has 0 N–H and O–H groups in total. The molecule has 0 amide bonds. The third kappa shape index (κ3) is 6.01. The van der Waals surface area contributed by atoms with Crippen LogP contribution in [0.5, 0.6) is 0 Å². The maximum atomic E-state index is 12.1. The molecule has 0 aromatic heterocycles. The highest BCUT2D eigenvalue weighted by Crippen LogP contribution is 2.26. The predicted molar refractivity (Wildman–Crippen MR) is 124 cm³/mol. The molecular weight excluding hydrogens is 420 g/mol. The van der Waals surface area contributed by atoms with Crippen molar-refractivity contribution in [1.82, 2.24) is 0 Å². The number of hydrogen-bond acceptors (Lipinski definition) is 6. The Bertz CT molecular complexity index is 1140. The number of aldehydes is 1. The summed E-state index contributed by atoms with van der Waals surface area (Å²) in [6.07, 6.45) is -0.986. The average Bonchev–Trinajstić information content (AvgIpc) is 2.84. The second-order valence-corrected chi connectivity index (χ2v) is 7.64. The summed E-state index contributed by atoms with van der Waals surface area (Å²) >= 11 is 0. The second-order valence-electron chi connectivity index (χ2n) is 7.64. The topological polar surface area (TPSA) is 86.7 Å². The van der Waals surface area contributed by atoms with Crippen LogP contribution in [0.15, 0.2) is 72.8 Å². The van der Waals surface area contributed by atoms with Crippen molar-refractivity contribution in [3.63, 3.8) is 0 Å². The van der Waals surface area contributed by atoms with Crippen LogP contribution in [0, 0.1) is 0 Å². The molecule has 0 bridgehead atoms. The molecule has 33 heavy (non-hydrogen) atoms. The molecule has 0 radical (unpaired) electrons. The minimum Gasteiger partial charge on any atom is -0.451 e. The molecule has 6 heteroatoms. The number of carbonyl (C=O) groups excluding carboxylic acids is 4. The maximum Gasteiger partial charge on any atom is 0.338 e. The maximum absolute atomic E-state index is 12.1. The minimum atomic E-state index is -0.784. The first kappa shape index (κ1) is 23.6. The third-order valence-electron chi connectivity index (χ3n) is 5.13. The van der Waals surface area contributed by atoms with Gasteiger partial charge in [0.15, 0.2) is 24.3 Å². The van der Waals surface area contributed by atoms with E-state index >= 15 is 0 Å². The van der Waals surface area contributed by atoms with Gasteiger partial charge in [-0.2, -0.15) is 0 Å². The van der Waals surface area contributed by atoms with Crippen molar-refractivity contribution in [3.05, 3.63) is 83.9 Å². The lowest BCUT2D eigenvalue weighted by molar-refractivity contribution is -0.124. The molecule has 6 nitrogen and oxygen atoms in total. The number of hydrogen-bond donors (Lipinski definition) is 0. The molecular formula is C27H24O6. The first-order valence-corrected chi connectivity index (χ1v) is 10.5. The van der Waals surface area contributed by atoms with Gasteiger partial charge in [0, 0.05) is 0 Å². The van der Waals surface area contributed by atoms with E-state index < -0.39 is 24.1 Å². The highest BCUT2D eigenvalue weighted by Gasteiger charge is 2.15. The Hall–Kier alpha value is -4.06. The smallest absolute Gasteiger partial charge is 0.338 e. The number of ketones is 1. The monoisotopic (exact) mass is 444 g/mol. The van der Waals surface area contributed by atoms with Gasteiger partial charge in [-0.15, -0.1) is 0 Å². The van der Waals surface area contributed by atoms with Gasteiger partial charge < -0.3 is 9.47 Å². The molecule has 3 aromatic rings. The van der Waals surface area contributed by atoms with Gasteiger partial charge in [0.2, 0.25) is 0 Å². The van der Waals surface area contributed by atoms with Crippen LogP contribution in [0.1, 0.15) is 41.5 Å². The van der Waals surface area contributed by atoms with Crippen LogP contribution in [0.4, 0.5) is 0 Å². The van der Waals surface area contributed by atoms with Crippen molar-refractivity contribution >= 4 is 24.0 Å². The van der Waals surface area contributed by atoms with Crippen molar-refractivity contribution in [2.24, 2.45) is 0 Å². The number of ether oxygens (including phenoxy) is 2. The summed E-state index contributed by atoms with van der Waals surface area (Å²) in [6, 6.07) is 21.8. The van der Waals surface area contributed by atoms with E-state index in [9.17, 15) is 19.2 Å². The number of rotatable bonds is 8. The molecule has 3 aromatic carbocycles. The summed E-state index contributed by atoms with van der Waals surface area (Å²) in [6.45, 7) is 4.43. The van der Waals surface area contributed by atoms with Gasteiger partial charge in [0.1, 0.15) is 0 Å². The van der Waals surface area contributed by atoms with E-state index in [0.717, 1.165) is 22.3 Å². The molecule has 3 rings (SSSR count). The Morgan fingerprint density at radius 3 is 1.30 bits per heavy atom. The molecule has 0 aliphatic carbocycles. The molecule has 2 atom stereocenters. The summed E-state index contributed by atoms with van der Waals surface area (Å²) in [5, 5.41) is 0. The van der Waals surface area contributed by atoms with E-state index in [1.54, 1.807) is 31.2 Å². The van der Waals surface area contributed by atoms with Crippen LogP contribution >= 0.6 is 0 Å². The number of carbonyl (C=O) groups is 4. The fourth-order valence-electron chi connectivity index (χ4n) is 3.03. The molecule has 2 unspecified atom stereocenters. The normalized spacial score (nSPS) is 12.3. The summed E-state index contributed by atoms with van der Waals surface area (Å²) in [5.74, 6) is -1.28. The largest absolute Gasteiger partial charge is 0.451 e. The van der Waals surface area contributed by atoms with Gasteiger partial charge in [-0.25, -0.2) is 9.59 Å². The average molecular weight is 444 g/mol. The zero-order valence-electron chi connectivity index (χ0n) is 18.6. The minimum absolute atomic E-state index is 0.206. The van der Waals surface area contributed by atoms with E-state index in [4.69, 9.17) is 9.47 Å². The quantitative estimate of drug-likeness (QED) is 0.363.